The third kappa shape index (κ3) is 5.33. The normalized spacial score (nSPS) is 13.8. The van der Waals surface area contributed by atoms with Crippen LogP contribution in [0.25, 0.3) is 0 Å². The number of thiophene rings is 1. The average molecular weight is 303 g/mol. The van der Waals surface area contributed by atoms with Gasteiger partial charge in [-0.15, -0.1) is 0 Å². The molecule has 1 heterocycles. The fraction of sp³-hybridized carbons (Fsp3) is 0.353. The van der Waals surface area contributed by atoms with Crippen LogP contribution in [0, 0.1) is 0 Å². The minimum Gasteiger partial charge on any atom is -0.480 e. The van der Waals surface area contributed by atoms with Gasteiger partial charge in [-0.1, -0.05) is 30.3 Å². The van der Waals surface area contributed by atoms with Crippen LogP contribution in [-0.2, 0) is 17.6 Å². The average Bonchev–Trinajstić information content (AvgIpc) is 2.99. The summed E-state index contributed by atoms with van der Waals surface area (Å²) in [7, 11) is 0. The fourth-order valence-electron chi connectivity index (χ4n) is 2.31. The van der Waals surface area contributed by atoms with Crippen LogP contribution in [0.5, 0.6) is 0 Å². The minimum absolute atomic E-state index is 0.176. The van der Waals surface area contributed by atoms with Gasteiger partial charge in [-0.05, 0) is 54.1 Å². The first-order chi connectivity index (χ1) is 10.1. The molecule has 0 amide bonds. The van der Waals surface area contributed by atoms with E-state index in [0.29, 0.717) is 6.42 Å². The molecule has 1 aromatic heterocycles. The van der Waals surface area contributed by atoms with Crippen LogP contribution in [0.15, 0.2) is 47.2 Å². The molecule has 0 bridgehead atoms. The van der Waals surface area contributed by atoms with E-state index in [0.717, 1.165) is 18.4 Å². The van der Waals surface area contributed by atoms with Gasteiger partial charge in [-0.25, -0.2) is 0 Å². The van der Waals surface area contributed by atoms with Gasteiger partial charge >= 0.3 is 5.97 Å². The molecule has 112 valence electrons. The van der Waals surface area contributed by atoms with Gasteiger partial charge in [0.15, 0.2) is 0 Å². The molecule has 4 heteroatoms. The molecule has 0 fully saturated rings. The molecule has 0 aliphatic rings. The molecule has 0 saturated carbocycles. The van der Waals surface area contributed by atoms with E-state index in [1.807, 2.05) is 37.3 Å². The molecule has 2 atom stereocenters. The number of carboxylic acid groups (broad SMARTS) is 1. The summed E-state index contributed by atoms with van der Waals surface area (Å²) in [5.74, 6) is -0.791. The molecule has 21 heavy (non-hydrogen) atoms. The zero-order valence-corrected chi connectivity index (χ0v) is 13.0. The topological polar surface area (TPSA) is 49.3 Å². The van der Waals surface area contributed by atoms with Crippen LogP contribution < -0.4 is 5.32 Å². The van der Waals surface area contributed by atoms with Crippen molar-refractivity contribution >= 4 is 17.3 Å². The summed E-state index contributed by atoms with van der Waals surface area (Å²) in [5, 5.41) is 16.8. The first kappa shape index (κ1) is 15.7. The largest absolute Gasteiger partial charge is 0.480 e. The molecular weight excluding hydrogens is 282 g/mol. The van der Waals surface area contributed by atoms with Crippen LogP contribution in [0.3, 0.4) is 0 Å². The van der Waals surface area contributed by atoms with Crippen molar-refractivity contribution in [3.05, 3.63) is 58.3 Å². The lowest BCUT2D eigenvalue weighted by atomic mass is 10.0. The zero-order valence-electron chi connectivity index (χ0n) is 12.2. The number of nitrogens with one attached hydrogen (secondary N) is 1. The Kier molecular flexibility index (Phi) is 5.96. The molecule has 0 spiro atoms. The Hall–Kier alpha value is -1.65. The number of rotatable bonds is 8. The van der Waals surface area contributed by atoms with Gasteiger partial charge in [-0.2, -0.15) is 11.3 Å². The molecule has 2 aromatic rings. The Balaban J connectivity index is 1.85. The van der Waals surface area contributed by atoms with E-state index < -0.39 is 12.0 Å². The first-order valence-corrected chi connectivity index (χ1v) is 8.13. The molecule has 0 aliphatic heterocycles. The second-order valence-electron chi connectivity index (χ2n) is 5.32. The maximum absolute atomic E-state index is 11.4. The highest BCUT2D eigenvalue weighted by Crippen LogP contribution is 2.11. The third-order valence-corrected chi connectivity index (χ3v) is 4.24. The number of benzene rings is 1. The summed E-state index contributed by atoms with van der Waals surface area (Å²) >= 11 is 1.70. The van der Waals surface area contributed by atoms with Crippen LogP contribution >= 0.6 is 11.3 Å². The number of hydrogen-bond acceptors (Lipinski definition) is 3. The van der Waals surface area contributed by atoms with E-state index in [4.69, 9.17) is 0 Å². The molecule has 0 radical (unpaired) electrons. The number of carbonyl (C=O) groups is 1. The summed E-state index contributed by atoms with van der Waals surface area (Å²) in [5.41, 5.74) is 2.37. The van der Waals surface area contributed by atoms with Gasteiger partial charge in [-0.3, -0.25) is 4.79 Å². The van der Waals surface area contributed by atoms with Crippen molar-refractivity contribution in [1.82, 2.24) is 5.32 Å². The van der Waals surface area contributed by atoms with Gasteiger partial charge in [0.25, 0.3) is 0 Å². The molecule has 1 aromatic carbocycles. The summed E-state index contributed by atoms with van der Waals surface area (Å²) in [6, 6.07) is 11.5. The quantitative estimate of drug-likeness (QED) is 0.786. The van der Waals surface area contributed by atoms with E-state index in [9.17, 15) is 9.90 Å². The lowest BCUT2D eigenvalue weighted by Crippen LogP contribution is -2.43. The number of hydrogen-bond donors (Lipinski definition) is 2. The van der Waals surface area contributed by atoms with Crippen molar-refractivity contribution in [3.63, 3.8) is 0 Å². The van der Waals surface area contributed by atoms with E-state index in [1.54, 1.807) is 11.3 Å². The lowest BCUT2D eigenvalue weighted by Gasteiger charge is -2.20. The highest BCUT2D eigenvalue weighted by atomic mass is 32.1. The standard InChI is InChI=1S/C17H21NO2S/c1-13(7-8-15-9-10-21-12-15)18-16(17(19)20)11-14-5-3-2-4-6-14/h2-6,9-10,12-13,16,18H,7-8,11H2,1H3,(H,19,20)/t13?,16-/m0/s1. The molecule has 3 nitrogen and oxygen atoms in total. The predicted octanol–water partition coefficient (Wildman–Crippen LogP) is 3.35. The van der Waals surface area contributed by atoms with Gasteiger partial charge in [0, 0.05) is 6.04 Å². The predicted molar refractivity (Wildman–Crippen MR) is 86.8 cm³/mol. The molecule has 2 N–H and O–H groups in total. The molecule has 2 rings (SSSR count). The number of aliphatic carboxylic acids is 1. The summed E-state index contributed by atoms with van der Waals surface area (Å²) in [6.07, 6.45) is 2.43. The van der Waals surface area contributed by atoms with Crippen LogP contribution in [0.1, 0.15) is 24.5 Å². The molecular formula is C17H21NO2S. The van der Waals surface area contributed by atoms with Crippen molar-refractivity contribution in [2.24, 2.45) is 0 Å². The van der Waals surface area contributed by atoms with Crippen LogP contribution in [0.2, 0.25) is 0 Å². The fourth-order valence-corrected chi connectivity index (χ4v) is 3.02. The van der Waals surface area contributed by atoms with Gasteiger partial charge in [0.05, 0.1) is 0 Å². The summed E-state index contributed by atoms with van der Waals surface area (Å²) < 4.78 is 0. The summed E-state index contributed by atoms with van der Waals surface area (Å²) in [4.78, 5) is 11.4. The Morgan fingerprint density at radius 1 is 1.24 bits per heavy atom. The Labute approximate surface area is 129 Å². The summed E-state index contributed by atoms with van der Waals surface area (Å²) in [6.45, 7) is 2.05. The van der Waals surface area contributed by atoms with Crippen molar-refractivity contribution in [2.75, 3.05) is 0 Å². The van der Waals surface area contributed by atoms with Crippen molar-refractivity contribution in [2.45, 2.75) is 38.3 Å². The number of carboxylic acids is 1. The monoisotopic (exact) mass is 303 g/mol. The van der Waals surface area contributed by atoms with E-state index in [-0.39, 0.29) is 6.04 Å². The van der Waals surface area contributed by atoms with Crippen molar-refractivity contribution in [1.29, 1.82) is 0 Å². The van der Waals surface area contributed by atoms with Crippen LogP contribution in [0.4, 0.5) is 0 Å². The maximum Gasteiger partial charge on any atom is 0.321 e. The zero-order chi connectivity index (χ0) is 15.1. The molecule has 1 unspecified atom stereocenters. The van der Waals surface area contributed by atoms with E-state index in [1.165, 1.54) is 5.56 Å². The van der Waals surface area contributed by atoms with Gasteiger partial charge < -0.3 is 10.4 Å². The van der Waals surface area contributed by atoms with E-state index in [2.05, 4.69) is 22.1 Å². The SMILES string of the molecule is CC(CCc1ccsc1)N[C@@H](Cc1ccccc1)C(=O)O. The highest BCUT2D eigenvalue weighted by molar-refractivity contribution is 7.07. The minimum atomic E-state index is -0.791. The lowest BCUT2D eigenvalue weighted by molar-refractivity contribution is -0.139. The second-order valence-corrected chi connectivity index (χ2v) is 6.10. The van der Waals surface area contributed by atoms with Crippen LogP contribution in [-0.4, -0.2) is 23.2 Å². The van der Waals surface area contributed by atoms with Crippen molar-refractivity contribution in [3.8, 4) is 0 Å². The second kappa shape index (κ2) is 7.96. The Bertz CT molecular complexity index is 539. The van der Waals surface area contributed by atoms with Crippen molar-refractivity contribution < 1.29 is 9.90 Å². The maximum atomic E-state index is 11.4. The Morgan fingerprint density at radius 2 is 2.00 bits per heavy atom. The Morgan fingerprint density at radius 3 is 2.62 bits per heavy atom. The smallest absolute Gasteiger partial charge is 0.321 e. The first-order valence-electron chi connectivity index (χ1n) is 7.19. The molecule has 0 aliphatic carbocycles. The van der Waals surface area contributed by atoms with Gasteiger partial charge in [0.1, 0.15) is 6.04 Å². The molecule has 0 saturated heterocycles. The number of aryl methyl sites for hydroxylation is 1. The highest BCUT2D eigenvalue weighted by Gasteiger charge is 2.19. The third-order valence-electron chi connectivity index (χ3n) is 3.51. The van der Waals surface area contributed by atoms with E-state index >= 15 is 0 Å². The van der Waals surface area contributed by atoms with Gasteiger partial charge in [0.2, 0.25) is 0 Å².